The fourth-order valence-electron chi connectivity index (χ4n) is 3.45. The molecule has 0 saturated heterocycles. The van der Waals surface area contributed by atoms with Gasteiger partial charge in [0.15, 0.2) is 0 Å². The molecular weight excluding hydrogens is 226 g/mol. The maximum absolute atomic E-state index is 5.55. The van der Waals surface area contributed by atoms with Crippen molar-refractivity contribution >= 4 is 0 Å². The molecular formula is C15H23NO2. The van der Waals surface area contributed by atoms with Gasteiger partial charge in [-0.2, -0.15) is 0 Å². The summed E-state index contributed by atoms with van der Waals surface area (Å²) in [6.07, 6.45) is 10.8. The van der Waals surface area contributed by atoms with E-state index in [2.05, 4.69) is 11.4 Å². The number of nitrogens with one attached hydrogen (secondary N) is 1. The zero-order valence-corrected chi connectivity index (χ0v) is 11.2. The molecule has 3 heteroatoms. The summed E-state index contributed by atoms with van der Waals surface area (Å²) in [4.78, 5) is 0. The van der Waals surface area contributed by atoms with Crippen LogP contribution in [0.4, 0.5) is 0 Å². The van der Waals surface area contributed by atoms with Crippen molar-refractivity contribution in [1.82, 2.24) is 5.32 Å². The normalized spacial score (nSPS) is 32.2. The van der Waals surface area contributed by atoms with Crippen LogP contribution in [0.3, 0.4) is 0 Å². The maximum Gasteiger partial charge on any atom is 0.108 e. The van der Waals surface area contributed by atoms with E-state index in [-0.39, 0.29) is 0 Å². The number of ether oxygens (including phenoxy) is 1. The SMILES string of the molecule is COC1CCCC(NC2CCCc3occc32)C1. The van der Waals surface area contributed by atoms with Crippen molar-refractivity contribution in [3.63, 3.8) is 0 Å². The molecule has 0 radical (unpaired) electrons. The van der Waals surface area contributed by atoms with E-state index in [1.165, 1.54) is 43.4 Å². The molecule has 2 aliphatic carbocycles. The molecule has 100 valence electrons. The molecule has 0 aromatic carbocycles. The van der Waals surface area contributed by atoms with E-state index in [1.54, 1.807) is 0 Å². The molecule has 0 aliphatic heterocycles. The second kappa shape index (κ2) is 5.45. The molecule has 0 amide bonds. The van der Waals surface area contributed by atoms with Crippen molar-refractivity contribution < 1.29 is 9.15 Å². The average Bonchev–Trinajstić information content (AvgIpc) is 2.88. The minimum atomic E-state index is 0.448. The molecule has 2 aliphatic rings. The summed E-state index contributed by atoms with van der Waals surface area (Å²) in [5.41, 5.74) is 1.39. The number of rotatable bonds is 3. The number of aryl methyl sites for hydroxylation is 1. The zero-order chi connectivity index (χ0) is 12.4. The van der Waals surface area contributed by atoms with Gasteiger partial charge in [-0.1, -0.05) is 0 Å². The summed E-state index contributed by atoms with van der Waals surface area (Å²) in [6.45, 7) is 0. The van der Waals surface area contributed by atoms with Gasteiger partial charge >= 0.3 is 0 Å². The largest absolute Gasteiger partial charge is 0.469 e. The van der Waals surface area contributed by atoms with E-state index >= 15 is 0 Å². The van der Waals surface area contributed by atoms with Gasteiger partial charge in [-0.05, 0) is 44.6 Å². The number of fused-ring (bicyclic) bond motifs is 1. The standard InChI is InChI=1S/C15H23NO2/c1-17-12-5-2-4-11(10-12)16-14-6-3-7-15-13(14)8-9-18-15/h8-9,11-12,14,16H,2-7,10H2,1H3. The Morgan fingerprint density at radius 1 is 1.28 bits per heavy atom. The molecule has 1 aromatic rings. The van der Waals surface area contributed by atoms with E-state index in [9.17, 15) is 0 Å². The van der Waals surface area contributed by atoms with Crippen LogP contribution in [0.25, 0.3) is 0 Å². The van der Waals surface area contributed by atoms with Crippen LogP contribution in [0.5, 0.6) is 0 Å². The number of hydrogen-bond acceptors (Lipinski definition) is 3. The fourth-order valence-corrected chi connectivity index (χ4v) is 3.45. The molecule has 3 nitrogen and oxygen atoms in total. The first kappa shape index (κ1) is 12.2. The van der Waals surface area contributed by atoms with E-state index in [0.29, 0.717) is 18.2 Å². The molecule has 3 unspecified atom stereocenters. The highest BCUT2D eigenvalue weighted by Crippen LogP contribution is 2.32. The van der Waals surface area contributed by atoms with Gasteiger partial charge in [0.05, 0.1) is 12.4 Å². The molecule has 1 aromatic heterocycles. The summed E-state index contributed by atoms with van der Waals surface area (Å²) < 4.78 is 11.1. The minimum Gasteiger partial charge on any atom is -0.469 e. The maximum atomic E-state index is 5.55. The summed E-state index contributed by atoms with van der Waals surface area (Å²) in [5, 5.41) is 3.82. The monoisotopic (exact) mass is 249 g/mol. The van der Waals surface area contributed by atoms with E-state index in [4.69, 9.17) is 9.15 Å². The van der Waals surface area contributed by atoms with E-state index in [0.717, 1.165) is 12.8 Å². The predicted molar refractivity (Wildman–Crippen MR) is 70.6 cm³/mol. The van der Waals surface area contributed by atoms with Crippen LogP contribution >= 0.6 is 0 Å². The van der Waals surface area contributed by atoms with Crippen LogP contribution in [0.2, 0.25) is 0 Å². The lowest BCUT2D eigenvalue weighted by Gasteiger charge is -2.33. The molecule has 0 spiro atoms. The molecule has 0 bridgehead atoms. The van der Waals surface area contributed by atoms with Crippen molar-refractivity contribution in [3.05, 3.63) is 23.7 Å². The van der Waals surface area contributed by atoms with Crippen LogP contribution < -0.4 is 5.32 Å². The Morgan fingerprint density at radius 2 is 2.22 bits per heavy atom. The van der Waals surface area contributed by atoms with Crippen molar-refractivity contribution in [3.8, 4) is 0 Å². The van der Waals surface area contributed by atoms with Crippen LogP contribution in [-0.2, 0) is 11.2 Å². The van der Waals surface area contributed by atoms with Gasteiger partial charge in [-0.15, -0.1) is 0 Å². The molecule has 3 rings (SSSR count). The van der Waals surface area contributed by atoms with Gasteiger partial charge < -0.3 is 14.5 Å². The Hall–Kier alpha value is -0.800. The Morgan fingerprint density at radius 3 is 3.11 bits per heavy atom. The van der Waals surface area contributed by atoms with E-state index < -0.39 is 0 Å². The van der Waals surface area contributed by atoms with Crippen LogP contribution in [0, 0.1) is 0 Å². The van der Waals surface area contributed by atoms with Gasteiger partial charge in [0, 0.05) is 31.2 Å². The molecule has 3 atom stereocenters. The lowest BCUT2D eigenvalue weighted by atomic mass is 9.88. The summed E-state index contributed by atoms with van der Waals surface area (Å²) in [5.74, 6) is 1.19. The zero-order valence-electron chi connectivity index (χ0n) is 11.2. The highest BCUT2D eigenvalue weighted by molar-refractivity contribution is 5.24. The van der Waals surface area contributed by atoms with Crippen molar-refractivity contribution in [2.75, 3.05) is 7.11 Å². The third-order valence-corrected chi connectivity index (χ3v) is 4.45. The van der Waals surface area contributed by atoms with E-state index in [1.807, 2.05) is 13.4 Å². The highest BCUT2D eigenvalue weighted by atomic mass is 16.5. The van der Waals surface area contributed by atoms with Gasteiger partial charge in [-0.3, -0.25) is 0 Å². The van der Waals surface area contributed by atoms with Crippen molar-refractivity contribution in [2.24, 2.45) is 0 Å². The van der Waals surface area contributed by atoms with Gasteiger partial charge in [0.2, 0.25) is 0 Å². The first-order valence-electron chi connectivity index (χ1n) is 7.22. The Bertz CT molecular complexity index is 388. The van der Waals surface area contributed by atoms with Gasteiger partial charge in [0.1, 0.15) is 5.76 Å². The van der Waals surface area contributed by atoms with Gasteiger partial charge in [0.25, 0.3) is 0 Å². The summed E-state index contributed by atoms with van der Waals surface area (Å²) >= 11 is 0. The minimum absolute atomic E-state index is 0.448. The second-order valence-corrected chi connectivity index (χ2v) is 5.63. The quantitative estimate of drug-likeness (QED) is 0.893. The third-order valence-electron chi connectivity index (χ3n) is 4.45. The Balaban J connectivity index is 1.64. The summed E-state index contributed by atoms with van der Waals surface area (Å²) in [6, 6.07) is 3.24. The fraction of sp³-hybridized carbons (Fsp3) is 0.733. The van der Waals surface area contributed by atoms with Crippen LogP contribution in [0.1, 0.15) is 55.9 Å². The lowest BCUT2D eigenvalue weighted by Crippen LogP contribution is -2.39. The van der Waals surface area contributed by atoms with Crippen molar-refractivity contribution in [2.45, 2.75) is 63.1 Å². The van der Waals surface area contributed by atoms with Crippen molar-refractivity contribution in [1.29, 1.82) is 0 Å². The molecule has 1 fully saturated rings. The first-order valence-corrected chi connectivity index (χ1v) is 7.22. The Kier molecular flexibility index (Phi) is 3.71. The number of hydrogen-bond donors (Lipinski definition) is 1. The number of methoxy groups -OCH3 is 1. The number of furan rings is 1. The topological polar surface area (TPSA) is 34.4 Å². The molecule has 1 saturated carbocycles. The lowest BCUT2D eigenvalue weighted by molar-refractivity contribution is 0.0564. The highest BCUT2D eigenvalue weighted by Gasteiger charge is 2.27. The molecule has 1 N–H and O–H groups in total. The first-order chi connectivity index (χ1) is 8.86. The molecule has 18 heavy (non-hydrogen) atoms. The third kappa shape index (κ3) is 2.47. The van der Waals surface area contributed by atoms with Gasteiger partial charge in [-0.25, -0.2) is 0 Å². The Labute approximate surface area is 109 Å². The van der Waals surface area contributed by atoms with Crippen LogP contribution in [-0.4, -0.2) is 19.3 Å². The van der Waals surface area contributed by atoms with Crippen LogP contribution in [0.15, 0.2) is 16.7 Å². The average molecular weight is 249 g/mol. The summed E-state index contributed by atoms with van der Waals surface area (Å²) in [7, 11) is 1.84. The molecule has 1 heterocycles. The second-order valence-electron chi connectivity index (χ2n) is 5.63. The predicted octanol–water partition coefficient (Wildman–Crippen LogP) is 3.20. The smallest absolute Gasteiger partial charge is 0.108 e.